The molecule has 6 nitrogen and oxygen atoms in total. The van der Waals surface area contributed by atoms with Crippen LogP contribution in [0, 0.1) is 5.92 Å². The first-order chi connectivity index (χ1) is 12.9. The molecule has 0 aromatic heterocycles. The third-order valence-electron chi connectivity index (χ3n) is 4.36. The highest BCUT2D eigenvalue weighted by molar-refractivity contribution is 6.01. The Bertz CT molecular complexity index is 805. The standard InChI is InChI=1S/C21H26N2O4/c1-14(21(26)15-11-12-19(27-2)18(24)13-15)7-3-6-10-20(25)23-17-9-5-4-8-16(17)22/h4-6,8-14,21,24,26H,3,7,22H2,1-2H3,(H,23,25)/b10-6+/t14-,21-/m0/s1. The number of methoxy groups -OCH3 is 1. The fraction of sp³-hybridized carbons (Fsp3) is 0.286. The molecule has 6 heteroatoms. The predicted octanol–water partition coefficient (Wildman–Crippen LogP) is 3.63. The van der Waals surface area contributed by atoms with Crippen LogP contribution in [-0.2, 0) is 4.79 Å². The Morgan fingerprint density at radius 1 is 1.30 bits per heavy atom. The van der Waals surface area contributed by atoms with Gasteiger partial charge in [-0.1, -0.05) is 31.2 Å². The highest BCUT2D eigenvalue weighted by atomic mass is 16.5. The molecule has 1 amide bonds. The van der Waals surface area contributed by atoms with Gasteiger partial charge in [-0.2, -0.15) is 0 Å². The van der Waals surface area contributed by atoms with Gasteiger partial charge in [0.25, 0.3) is 0 Å². The summed E-state index contributed by atoms with van der Waals surface area (Å²) in [4.78, 5) is 11.9. The van der Waals surface area contributed by atoms with E-state index < -0.39 is 6.10 Å². The fourth-order valence-corrected chi connectivity index (χ4v) is 2.71. The van der Waals surface area contributed by atoms with E-state index in [2.05, 4.69) is 5.32 Å². The number of aromatic hydroxyl groups is 1. The lowest BCUT2D eigenvalue weighted by Crippen LogP contribution is -2.10. The number of carbonyl (C=O) groups excluding carboxylic acids is 1. The van der Waals surface area contributed by atoms with Crippen LogP contribution in [0.5, 0.6) is 11.5 Å². The van der Waals surface area contributed by atoms with Crippen LogP contribution in [0.25, 0.3) is 0 Å². The second kappa shape index (κ2) is 9.64. The summed E-state index contributed by atoms with van der Waals surface area (Å²) >= 11 is 0. The number of phenolic OH excluding ortho intramolecular Hbond substituents is 1. The normalized spacial score (nSPS) is 13.3. The molecule has 144 valence electrons. The van der Waals surface area contributed by atoms with Crippen molar-refractivity contribution >= 4 is 17.3 Å². The lowest BCUT2D eigenvalue weighted by molar-refractivity contribution is -0.111. The molecule has 2 aromatic rings. The first kappa shape index (κ1) is 20.3. The number of para-hydroxylation sites is 2. The largest absolute Gasteiger partial charge is 0.504 e. The molecule has 0 spiro atoms. The third kappa shape index (κ3) is 5.76. The Balaban J connectivity index is 1.83. The number of aliphatic hydroxyl groups is 1. The molecule has 0 saturated heterocycles. The number of hydrogen-bond acceptors (Lipinski definition) is 5. The van der Waals surface area contributed by atoms with Crippen LogP contribution in [0.4, 0.5) is 11.4 Å². The maximum absolute atomic E-state index is 11.9. The number of phenols is 1. The number of benzene rings is 2. The van der Waals surface area contributed by atoms with E-state index in [0.29, 0.717) is 35.5 Å². The van der Waals surface area contributed by atoms with Gasteiger partial charge in [-0.15, -0.1) is 0 Å². The molecule has 27 heavy (non-hydrogen) atoms. The van der Waals surface area contributed by atoms with Crippen LogP contribution in [0.1, 0.15) is 31.4 Å². The number of hydrogen-bond donors (Lipinski definition) is 4. The van der Waals surface area contributed by atoms with Crippen LogP contribution in [-0.4, -0.2) is 23.2 Å². The third-order valence-corrected chi connectivity index (χ3v) is 4.36. The number of nitrogens with two attached hydrogens (primary N) is 1. The molecule has 0 heterocycles. The van der Waals surface area contributed by atoms with Crippen LogP contribution in [0.3, 0.4) is 0 Å². The zero-order chi connectivity index (χ0) is 19.8. The van der Waals surface area contributed by atoms with E-state index >= 15 is 0 Å². The lowest BCUT2D eigenvalue weighted by atomic mass is 9.93. The number of allylic oxidation sites excluding steroid dienone is 1. The molecule has 2 rings (SSSR count). The maximum atomic E-state index is 11.9. The quantitative estimate of drug-likeness (QED) is 0.419. The van der Waals surface area contributed by atoms with Gasteiger partial charge in [-0.3, -0.25) is 4.79 Å². The van der Waals surface area contributed by atoms with Gasteiger partial charge in [-0.05, 0) is 54.7 Å². The van der Waals surface area contributed by atoms with Crippen LogP contribution in [0.15, 0.2) is 54.6 Å². The Labute approximate surface area is 159 Å². The Morgan fingerprint density at radius 2 is 2.04 bits per heavy atom. The maximum Gasteiger partial charge on any atom is 0.248 e. The summed E-state index contributed by atoms with van der Waals surface area (Å²) in [7, 11) is 1.47. The van der Waals surface area contributed by atoms with Crippen LogP contribution >= 0.6 is 0 Å². The minimum atomic E-state index is -0.715. The molecule has 0 aliphatic rings. The number of amides is 1. The molecule has 0 radical (unpaired) electrons. The molecule has 0 unspecified atom stereocenters. The van der Waals surface area contributed by atoms with Crippen molar-refractivity contribution in [1.82, 2.24) is 0 Å². The van der Waals surface area contributed by atoms with Crippen molar-refractivity contribution in [3.8, 4) is 11.5 Å². The number of ether oxygens (including phenoxy) is 1. The molecule has 0 fully saturated rings. The van der Waals surface area contributed by atoms with E-state index in [1.165, 1.54) is 19.3 Å². The van der Waals surface area contributed by atoms with Gasteiger partial charge in [0.05, 0.1) is 24.6 Å². The summed E-state index contributed by atoms with van der Waals surface area (Å²) < 4.78 is 5.01. The highest BCUT2D eigenvalue weighted by Crippen LogP contribution is 2.32. The van der Waals surface area contributed by atoms with Crippen molar-refractivity contribution in [3.05, 3.63) is 60.2 Å². The monoisotopic (exact) mass is 370 g/mol. The number of anilines is 2. The van der Waals surface area contributed by atoms with Gasteiger partial charge in [0, 0.05) is 0 Å². The zero-order valence-corrected chi connectivity index (χ0v) is 15.6. The number of carbonyl (C=O) groups is 1. The second-order valence-electron chi connectivity index (χ2n) is 6.41. The lowest BCUT2D eigenvalue weighted by Gasteiger charge is -2.19. The van der Waals surface area contributed by atoms with Gasteiger partial charge < -0.3 is 26.0 Å². The Hall–Kier alpha value is -2.99. The first-order valence-electron chi connectivity index (χ1n) is 8.79. The van der Waals surface area contributed by atoms with Crippen molar-refractivity contribution in [2.24, 2.45) is 5.92 Å². The van der Waals surface area contributed by atoms with E-state index in [1.54, 1.807) is 42.5 Å². The van der Waals surface area contributed by atoms with Gasteiger partial charge in [0.15, 0.2) is 11.5 Å². The van der Waals surface area contributed by atoms with Gasteiger partial charge in [0.2, 0.25) is 5.91 Å². The van der Waals surface area contributed by atoms with Crippen LogP contribution < -0.4 is 15.8 Å². The molecule has 0 saturated carbocycles. The highest BCUT2D eigenvalue weighted by Gasteiger charge is 2.17. The molecule has 2 aromatic carbocycles. The van der Waals surface area contributed by atoms with Crippen molar-refractivity contribution in [1.29, 1.82) is 0 Å². The SMILES string of the molecule is COc1ccc([C@@H](O)[C@@H](C)CC/C=C/C(=O)Nc2ccccc2N)cc1O. The van der Waals surface area contributed by atoms with Crippen LogP contribution in [0.2, 0.25) is 0 Å². The fourth-order valence-electron chi connectivity index (χ4n) is 2.71. The molecular weight excluding hydrogens is 344 g/mol. The number of nitrogen functional groups attached to an aromatic ring is 1. The summed E-state index contributed by atoms with van der Waals surface area (Å²) in [5.74, 6) is 0.0704. The summed E-state index contributed by atoms with van der Waals surface area (Å²) in [6.07, 6.45) is 3.84. The zero-order valence-electron chi connectivity index (χ0n) is 15.6. The topological polar surface area (TPSA) is 105 Å². The minimum Gasteiger partial charge on any atom is -0.504 e. The Morgan fingerprint density at radius 3 is 2.70 bits per heavy atom. The molecule has 2 atom stereocenters. The molecular formula is C21H26N2O4. The van der Waals surface area contributed by atoms with E-state index in [9.17, 15) is 15.0 Å². The van der Waals surface area contributed by atoms with E-state index in [1.807, 2.05) is 6.92 Å². The van der Waals surface area contributed by atoms with E-state index in [-0.39, 0.29) is 17.6 Å². The first-order valence-corrected chi connectivity index (χ1v) is 8.79. The van der Waals surface area contributed by atoms with Crippen molar-refractivity contribution in [3.63, 3.8) is 0 Å². The van der Waals surface area contributed by atoms with Crippen molar-refractivity contribution in [2.45, 2.75) is 25.9 Å². The summed E-state index contributed by atoms with van der Waals surface area (Å²) in [6.45, 7) is 1.92. The van der Waals surface area contributed by atoms with E-state index in [0.717, 1.165) is 0 Å². The summed E-state index contributed by atoms with van der Waals surface area (Å²) in [5.41, 5.74) is 7.51. The number of rotatable bonds is 8. The second-order valence-corrected chi connectivity index (χ2v) is 6.41. The molecule has 0 aliphatic carbocycles. The average molecular weight is 370 g/mol. The van der Waals surface area contributed by atoms with Gasteiger partial charge in [-0.25, -0.2) is 0 Å². The van der Waals surface area contributed by atoms with Crippen molar-refractivity contribution < 1.29 is 19.7 Å². The minimum absolute atomic E-state index is 0.00185. The predicted molar refractivity (Wildman–Crippen MR) is 107 cm³/mol. The molecule has 5 N–H and O–H groups in total. The molecule has 0 bridgehead atoms. The van der Waals surface area contributed by atoms with Gasteiger partial charge >= 0.3 is 0 Å². The molecule has 0 aliphatic heterocycles. The summed E-state index contributed by atoms with van der Waals surface area (Å²) in [6, 6.07) is 11.9. The average Bonchev–Trinajstić information content (AvgIpc) is 2.66. The number of aliphatic hydroxyl groups excluding tert-OH is 1. The van der Waals surface area contributed by atoms with Gasteiger partial charge in [0.1, 0.15) is 0 Å². The Kier molecular flexibility index (Phi) is 7.25. The summed E-state index contributed by atoms with van der Waals surface area (Å²) in [5, 5.41) is 23.0. The van der Waals surface area contributed by atoms with E-state index in [4.69, 9.17) is 10.5 Å². The smallest absolute Gasteiger partial charge is 0.248 e. The van der Waals surface area contributed by atoms with Crippen molar-refractivity contribution in [2.75, 3.05) is 18.2 Å². The number of nitrogens with one attached hydrogen (secondary N) is 1.